The molecular formula is C11H24NO2+. The predicted molar refractivity (Wildman–Crippen MR) is 58.0 cm³/mol. The molecule has 0 radical (unpaired) electrons. The molecule has 0 amide bonds. The number of hydrogen-bond donors (Lipinski definition) is 0. The molecule has 0 fully saturated rings. The van der Waals surface area contributed by atoms with Crippen molar-refractivity contribution in [2.45, 2.75) is 33.1 Å². The largest absolute Gasteiger partial charge is 0.462 e. The lowest BCUT2D eigenvalue weighted by atomic mass is 10.2. The summed E-state index contributed by atoms with van der Waals surface area (Å²) in [6.07, 6.45) is 3.65. The average molecular weight is 202 g/mol. The van der Waals surface area contributed by atoms with Gasteiger partial charge in [-0.1, -0.05) is 13.3 Å². The van der Waals surface area contributed by atoms with E-state index in [4.69, 9.17) is 4.74 Å². The molecule has 0 bridgehead atoms. The molecular weight excluding hydrogens is 178 g/mol. The highest BCUT2D eigenvalue weighted by molar-refractivity contribution is 5.70. The Morgan fingerprint density at radius 1 is 1.21 bits per heavy atom. The fraction of sp³-hybridized carbons (Fsp3) is 0.909. The van der Waals surface area contributed by atoms with E-state index in [0.717, 1.165) is 11.0 Å². The zero-order valence-corrected chi connectivity index (χ0v) is 10.0. The zero-order chi connectivity index (χ0) is 11.0. The van der Waals surface area contributed by atoms with Crippen molar-refractivity contribution < 1.29 is 14.0 Å². The number of carbonyl (C=O) groups excluding carboxylic acids is 1. The topological polar surface area (TPSA) is 26.3 Å². The summed E-state index contributed by atoms with van der Waals surface area (Å²) in [5.41, 5.74) is 0. The fourth-order valence-electron chi connectivity index (χ4n) is 1.43. The van der Waals surface area contributed by atoms with Crippen LogP contribution in [0.5, 0.6) is 0 Å². The molecule has 0 spiro atoms. The van der Waals surface area contributed by atoms with Crippen LogP contribution in [0, 0.1) is 0 Å². The molecule has 0 saturated carbocycles. The van der Waals surface area contributed by atoms with Crippen LogP contribution in [-0.2, 0) is 9.53 Å². The maximum Gasteiger partial charge on any atom is 0.361 e. The number of carbonyl (C=O) groups is 1. The van der Waals surface area contributed by atoms with Crippen molar-refractivity contribution in [2.24, 2.45) is 0 Å². The molecule has 0 heterocycles. The fourth-order valence-corrected chi connectivity index (χ4v) is 1.43. The first kappa shape index (κ1) is 13.4. The van der Waals surface area contributed by atoms with Crippen molar-refractivity contribution in [1.29, 1.82) is 0 Å². The van der Waals surface area contributed by atoms with Crippen LogP contribution < -0.4 is 0 Å². The number of unbranched alkanes of at least 4 members (excludes halogenated alkanes) is 2. The predicted octanol–water partition coefficient (Wildman–Crippen LogP) is 1.82. The molecule has 0 aromatic heterocycles. The third kappa shape index (κ3) is 6.89. The van der Waals surface area contributed by atoms with Gasteiger partial charge in [0, 0.05) is 0 Å². The molecule has 0 saturated heterocycles. The van der Waals surface area contributed by atoms with E-state index >= 15 is 0 Å². The highest BCUT2D eigenvalue weighted by Gasteiger charge is 2.19. The van der Waals surface area contributed by atoms with Crippen LogP contribution in [0.15, 0.2) is 0 Å². The highest BCUT2D eigenvalue weighted by atomic mass is 16.5. The Balaban J connectivity index is 3.75. The third-order valence-electron chi connectivity index (χ3n) is 2.23. The maximum atomic E-state index is 11.3. The van der Waals surface area contributed by atoms with Crippen molar-refractivity contribution >= 4 is 5.97 Å². The van der Waals surface area contributed by atoms with Gasteiger partial charge in [-0.05, 0) is 19.8 Å². The Morgan fingerprint density at radius 2 is 1.86 bits per heavy atom. The van der Waals surface area contributed by atoms with Gasteiger partial charge in [0.25, 0.3) is 0 Å². The minimum Gasteiger partial charge on any atom is -0.462 e. The van der Waals surface area contributed by atoms with Gasteiger partial charge in [-0.3, -0.25) is 0 Å². The second-order valence-corrected chi connectivity index (χ2v) is 4.33. The Bertz CT molecular complexity index is 167. The second kappa shape index (κ2) is 6.82. The molecule has 0 unspecified atom stereocenters. The quantitative estimate of drug-likeness (QED) is 0.357. The second-order valence-electron chi connectivity index (χ2n) is 4.33. The highest BCUT2D eigenvalue weighted by Crippen LogP contribution is 2.03. The van der Waals surface area contributed by atoms with Gasteiger partial charge in [0.05, 0.1) is 27.2 Å². The lowest BCUT2D eigenvalue weighted by Crippen LogP contribution is -2.45. The Kier molecular flexibility index (Phi) is 6.54. The van der Waals surface area contributed by atoms with E-state index < -0.39 is 0 Å². The smallest absolute Gasteiger partial charge is 0.361 e. The average Bonchev–Trinajstić information content (AvgIpc) is 2.03. The van der Waals surface area contributed by atoms with E-state index in [1.165, 1.54) is 19.3 Å². The van der Waals surface area contributed by atoms with Crippen LogP contribution in [0.4, 0.5) is 0 Å². The van der Waals surface area contributed by atoms with Crippen molar-refractivity contribution in [3.05, 3.63) is 0 Å². The minimum absolute atomic E-state index is 0.0889. The Morgan fingerprint density at radius 3 is 2.36 bits per heavy atom. The number of ether oxygens (including phenoxy) is 1. The van der Waals surface area contributed by atoms with Crippen molar-refractivity contribution in [3.8, 4) is 0 Å². The van der Waals surface area contributed by atoms with Gasteiger partial charge in [0.15, 0.2) is 6.54 Å². The van der Waals surface area contributed by atoms with Crippen LogP contribution in [0.3, 0.4) is 0 Å². The molecule has 0 rings (SSSR count). The number of nitrogens with zero attached hydrogens (tertiary/aromatic N) is 1. The molecule has 14 heavy (non-hydrogen) atoms. The summed E-state index contributed by atoms with van der Waals surface area (Å²) in [4.78, 5) is 11.3. The number of likely N-dealkylation sites (N-methyl/N-ethyl adjacent to an activating group) is 1. The molecule has 3 nitrogen and oxygen atoms in total. The van der Waals surface area contributed by atoms with Gasteiger partial charge < -0.3 is 9.22 Å². The summed E-state index contributed by atoms with van der Waals surface area (Å²) in [5.74, 6) is -0.0889. The van der Waals surface area contributed by atoms with Gasteiger partial charge in [-0.25, -0.2) is 4.79 Å². The number of hydrogen-bond acceptors (Lipinski definition) is 2. The first-order chi connectivity index (χ1) is 6.52. The molecule has 0 aromatic rings. The maximum absolute atomic E-state index is 11.3. The lowest BCUT2D eigenvalue weighted by molar-refractivity contribution is -0.883. The first-order valence-electron chi connectivity index (χ1n) is 5.49. The molecule has 0 aliphatic carbocycles. The van der Waals surface area contributed by atoms with Gasteiger partial charge in [0.2, 0.25) is 0 Å². The summed E-state index contributed by atoms with van der Waals surface area (Å²) < 4.78 is 5.66. The van der Waals surface area contributed by atoms with E-state index in [2.05, 4.69) is 21.0 Å². The van der Waals surface area contributed by atoms with Gasteiger partial charge in [0.1, 0.15) is 0 Å². The molecule has 3 heteroatoms. The van der Waals surface area contributed by atoms with E-state index in [0.29, 0.717) is 13.2 Å². The molecule has 0 aliphatic rings. The molecule has 0 N–H and O–H groups in total. The summed E-state index contributed by atoms with van der Waals surface area (Å²) in [6, 6.07) is 0. The van der Waals surface area contributed by atoms with Crippen LogP contribution >= 0.6 is 0 Å². The molecule has 84 valence electrons. The third-order valence-corrected chi connectivity index (χ3v) is 2.23. The number of esters is 1. The minimum atomic E-state index is -0.0889. The standard InChI is InChI=1S/C11H24NO2/c1-5-7-8-9-12(3,4)10-11(13)14-6-2/h5-10H2,1-4H3/q+1. The molecule has 0 aliphatic heterocycles. The van der Waals surface area contributed by atoms with E-state index in [1.54, 1.807) is 0 Å². The van der Waals surface area contributed by atoms with Crippen molar-refractivity contribution in [3.63, 3.8) is 0 Å². The Labute approximate surface area is 87.6 Å². The normalized spacial score (nSPS) is 11.4. The number of quaternary nitrogens is 1. The zero-order valence-electron chi connectivity index (χ0n) is 10.0. The molecule has 0 aromatic carbocycles. The van der Waals surface area contributed by atoms with Crippen LogP contribution in [-0.4, -0.2) is 44.2 Å². The van der Waals surface area contributed by atoms with E-state index in [1.807, 2.05) is 6.92 Å². The first-order valence-corrected chi connectivity index (χ1v) is 5.49. The SMILES string of the molecule is CCCCC[N+](C)(C)CC(=O)OCC. The summed E-state index contributed by atoms with van der Waals surface area (Å²) in [5, 5.41) is 0. The van der Waals surface area contributed by atoms with Gasteiger partial charge in [-0.2, -0.15) is 0 Å². The Hall–Kier alpha value is -0.570. The van der Waals surface area contributed by atoms with Crippen LogP contribution in [0.2, 0.25) is 0 Å². The lowest BCUT2D eigenvalue weighted by Gasteiger charge is -2.28. The molecule has 0 atom stereocenters. The van der Waals surface area contributed by atoms with Crippen molar-refractivity contribution in [1.82, 2.24) is 0 Å². The van der Waals surface area contributed by atoms with Crippen LogP contribution in [0.25, 0.3) is 0 Å². The van der Waals surface area contributed by atoms with E-state index in [-0.39, 0.29) is 5.97 Å². The summed E-state index contributed by atoms with van der Waals surface area (Å²) in [6.45, 7) is 6.04. The van der Waals surface area contributed by atoms with Gasteiger partial charge in [-0.15, -0.1) is 0 Å². The van der Waals surface area contributed by atoms with Crippen LogP contribution in [0.1, 0.15) is 33.1 Å². The summed E-state index contributed by atoms with van der Waals surface area (Å²) >= 11 is 0. The van der Waals surface area contributed by atoms with Gasteiger partial charge >= 0.3 is 5.97 Å². The van der Waals surface area contributed by atoms with E-state index in [9.17, 15) is 4.79 Å². The summed E-state index contributed by atoms with van der Waals surface area (Å²) in [7, 11) is 4.15. The number of rotatable bonds is 7. The monoisotopic (exact) mass is 202 g/mol. The van der Waals surface area contributed by atoms with Crippen molar-refractivity contribution in [2.75, 3.05) is 33.8 Å².